The van der Waals surface area contributed by atoms with Crippen LogP contribution in [0.3, 0.4) is 0 Å². The van der Waals surface area contributed by atoms with E-state index in [9.17, 15) is 9.59 Å². The maximum absolute atomic E-state index is 12.9. The van der Waals surface area contributed by atoms with E-state index in [1.54, 1.807) is 35.4 Å². The van der Waals surface area contributed by atoms with Crippen molar-refractivity contribution in [3.63, 3.8) is 0 Å². The molecule has 0 spiro atoms. The van der Waals surface area contributed by atoms with Crippen molar-refractivity contribution in [1.82, 2.24) is 14.8 Å². The highest BCUT2D eigenvalue weighted by molar-refractivity contribution is 6.32. The standard InChI is InChI=1S/C27H27Cl2N3O4/c1-35-27(34)21-6-4-19(5-7-21)18-36-24(20-8-10-22(28)11-9-20)17-31-13-15-32(16-14-31)26(33)23-3-2-12-30-25(23)29/h2-12,24H,13-18H2,1H3/t24-/m0/s1. The molecule has 1 aliphatic heterocycles. The minimum atomic E-state index is -0.370. The van der Waals surface area contributed by atoms with Gasteiger partial charge in [0.25, 0.3) is 5.91 Å². The average molecular weight is 528 g/mol. The van der Waals surface area contributed by atoms with Crippen LogP contribution in [0.5, 0.6) is 0 Å². The van der Waals surface area contributed by atoms with E-state index < -0.39 is 0 Å². The van der Waals surface area contributed by atoms with Gasteiger partial charge in [-0.15, -0.1) is 0 Å². The topological polar surface area (TPSA) is 72.0 Å². The summed E-state index contributed by atoms with van der Waals surface area (Å²) in [5.74, 6) is -0.474. The predicted octanol–water partition coefficient (Wildman–Crippen LogP) is 4.89. The molecule has 36 heavy (non-hydrogen) atoms. The summed E-state index contributed by atoms with van der Waals surface area (Å²) in [4.78, 5) is 32.7. The molecule has 2 aromatic carbocycles. The molecule has 9 heteroatoms. The number of carbonyl (C=O) groups is 2. The fraction of sp³-hybridized carbons (Fsp3) is 0.296. The van der Waals surface area contributed by atoms with Crippen molar-refractivity contribution in [3.05, 3.63) is 99.3 Å². The number of esters is 1. The summed E-state index contributed by atoms with van der Waals surface area (Å²) in [5.41, 5.74) is 2.89. The normalized spacial score (nSPS) is 14.9. The van der Waals surface area contributed by atoms with Crippen molar-refractivity contribution in [2.45, 2.75) is 12.7 Å². The molecule has 1 atom stereocenters. The van der Waals surface area contributed by atoms with Crippen LogP contribution in [0.15, 0.2) is 66.9 Å². The highest BCUT2D eigenvalue weighted by atomic mass is 35.5. The lowest BCUT2D eigenvalue weighted by Gasteiger charge is -2.36. The molecule has 0 aliphatic carbocycles. The Morgan fingerprint density at radius 3 is 2.31 bits per heavy atom. The molecule has 2 heterocycles. The number of benzene rings is 2. The van der Waals surface area contributed by atoms with E-state index in [0.717, 1.165) is 11.1 Å². The van der Waals surface area contributed by atoms with Gasteiger partial charge >= 0.3 is 5.97 Å². The molecule has 1 aromatic heterocycles. The van der Waals surface area contributed by atoms with Crippen LogP contribution >= 0.6 is 23.2 Å². The summed E-state index contributed by atoms with van der Waals surface area (Å²) in [6, 6.07) is 18.2. The minimum absolute atomic E-state index is 0.103. The number of amides is 1. The molecule has 188 valence electrons. The molecule has 0 radical (unpaired) electrons. The van der Waals surface area contributed by atoms with Gasteiger partial charge in [0, 0.05) is 43.9 Å². The molecule has 0 saturated carbocycles. The van der Waals surface area contributed by atoms with Gasteiger partial charge in [-0.1, -0.05) is 47.5 Å². The van der Waals surface area contributed by atoms with Crippen LogP contribution in [0.25, 0.3) is 0 Å². The van der Waals surface area contributed by atoms with Crippen molar-refractivity contribution in [2.75, 3.05) is 39.8 Å². The molecule has 1 saturated heterocycles. The highest BCUT2D eigenvalue weighted by Crippen LogP contribution is 2.24. The molecule has 1 amide bonds. The molecule has 0 N–H and O–H groups in total. The second kappa shape index (κ2) is 12.3. The maximum Gasteiger partial charge on any atom is 0.337 e. The summed E-state index contributed by atoms with van der Waals surface area (Å²) >= 11 is 12.2. The van der Waals surface area contributed by atoms with Crippen LogP contribution in [0, 0.1) is 0 Å². The Bertz CT molecular complexity index is 1180. The molecule has 1 aliphatic rings. The van der Waals surface area contributed by atoms with Gasteiger partial charge in [-0.3, -0.25) is 9.69 Å². The number of carbonyl (C=O) groups excluding carboxylic acids is 2. The molecule has 3 aromatic rings. The summed E-state index contributed by atoms with van der Waals surface area (Å²) < 4.78 is 11.1. The third-order valence-electron chi connectivity index (χ3n) is 6.14. The summed E-state index contributed by atoms with van der Waals surface area (Å²) in [5, 5.41) is 0.887. The van der Waals surface area contributed by atoms with E-state index in [-0.39, 0.29) is 23.1 Å². The van der Waals surface area contributed by atoms with Crippen molar-refractivity contribution in [3.8, 4) is 0 Å². The molecular weight excluding hydrogens is 501 g/mol. The monoisotopic (exact) mass is 527 g/mol. The second-order valence-electron chi connectivity index (χ2n) is 8.47. The number of methoxy groups -OCH3 is 1. The third kappa shape index (κ3) is 6.62. The number of ether oxygens (including phenoxy) is 2. The number of halogens is 2. The van der Waals surface area contributed by atoms with Gasteiger partial charge in [0.2, 0.25) is 0 Å². The molecule has 4 rings (SSSR count). The first-order valence-electron chi connectivity index (χ1n) is 11.6. The zero-order chi connectivity index (χ0) is 25.5. The molecule has 0 bridgehead atoms. The van der Waals surface area contributed by atoms with E-state index >= 15 is 0 Å². The van der Waals surface area contributed by atoms with Gasteiger partial charge in [0.05, 0.1) is 30.9 Å². The number of pyridine rings is 1. The van der Waals surface area contributed by atoms with Crippen molar-refractivity contribution in [1.29, 1.82) is 0 Å². The summed E-state index contributed by atoms with van der Waals surface area (Å²) in [7, 11) is 1.36. The van der Waals surface area contributed by atoms with E-state index in [4.69, 9.17) is 32.7 Å². The van der Waals surface area contributed by atoms with Crippen LogP contribution in [0.1, 0.15) is 37.9 Å². The quantitative estimate of drug-likeness (QED) is 0.306. The minimum Gasteiger partial charge on any atom is -0.465 e. The van der Waals surface area contributed by atoms with E-state index in [0.29, 0.717) is 55.5 Å². The van der Waals surface area contributed by atoms with Gasteiger partial charge in [-0.25, -0.2) is 9.78 Å². The number of hydrogen-bond donors (Lipinski definition) is 0. The Balaban J connectivity index is 1.39. The Kier molecular flexibility index (Phi) is 8.93. The smallest absolute Gasteiger partial charge is 0.337 e. The number of rotatable bonds is 8. The number of nitrogens with zero attached hydrogens (tertiary/aromatic N) is 3. The number of piperazine rings is 1. The van der Waals surface area contributed by atoms with Crippen molar-refractivity contribution < 1.29 is 19.1 Å². The molecule has 1 fully saturated rings. The average Bonchev–Trinajstić information content (AvgIpc) is 2.91. The summed E-state index contributed by atoms with van der Waals surface area (Å²) in [6.07, 6.45) is 1.37. The lowest BCUT2D eigenvalue weighted by molar-refractivity contribution is 0.00340. The lowest BCUT2D eigenvalue weighted by atomic mass is 10.1. The largest absolute Gasteiger partial charge is 0.465 e. The van der Waals surface area contributed by atoms with Gasteiger partial charge in [0.1, 0.15) is 5.15 Å². The van der Waals surface area contributed by atoms with Crippen LogP contribution < -0.4 is 0 Å². The zero-order valence-electron chi connectivity index (χ0n) is 19.9. The Hall–Kier alpha value is -2.97. The first kappa shape index (κ1) is 26.1. The zero-order valence-corrected chi connectivity index (χ0v) is 21.4. The van der Waals surface area contributed by atoms with Crippen molar-refractivity contribution in [2.24, 2.45) is 0 Å². The van der Waals surface area contributed by atoms with Crippen molar-refractivity contribution >= 4 is 35.1 Å². The van der Waals surface area contributed by atoms with E-state index in [1.807, 2.05) is 36.4 Å². The molecule has 7 nitrogen and oxygen atoms in total. The Morgan fingerprint density at radius 1 is 0.972 bits per heavy atom. The van der Waals surface area contributed by atoms with Crippen LogP contribution in [0.4, 0.5) is 0 Å². The van der Waals surface area contributed by atoms with E-state index in [2.05, 4.69) is 9.88 Å². The fourth-order valence-corrected chi connectivity index (χ4v) is 4.39. The SMILES string of the molecule is COC(=O)c1ccc(CO[C@@H](CN2CCN(C(=O)c3cccnc3Cl)CC2)c2ccc(Cl)cc2)cc1. The third-order valence-corrected chi connectivity index (χ3v) is 6.69. The summed E-state index contributed by atoms with van der Waals surface area (Å²) in [6.45, 7) is 3.65. The van der Waals surface area contributed by atoms with Crippen LogP contribution in [-0.2, 0) is 16.1 Å². The molecular formula is C27H27Cl2N3O4. The Labute approximate surface area is 220 Å². The van der Waals surface area contributed by atoms with E-state index in [1.165, 1.54) is 7.11 Å². The fourth-order valence-electron chi connectivity index (χ4n) is 4.07. The lowest BCUT2D eigenvalue weighted by Crippen LogP contribution is -2.49. The highest BCUT2D eigenvalue weighted by Gasteiger charge is 2.26. The number of aromatic nitrogens is 1. The van der Waals surface area contributed by atoms with Crippen LogP contribution in [-0.4, -0.2) is 66.5 Å². The van der Waals surface area contributed by atoms with Gasteiger partial charge in [-0.05, 0) is 47.5 Å². The van der Waals surface area contributed by atoms with Crippen LogP contribution in [0.2, 0.25) is 10.2 Å². The predicted molar refractivity (Wildman–Crippen MR) is 138 cm³/mol. The first-order chi connectivity index (χ1) is 17.4. The molecule has 0 unspecified atom stereocenters. The number of hydrogen-bond acceptors (Lipinski definition) is 6. The van der Waals surface area contributed by atoms with Gasteiger partial charge in [0.15, 0.2) is 0 Å². The Morgan fingerprint density at radius 2 is 1.67 bits per heavy atom. The first-order valence-corrected chi connectivity index (χ1v) is 12.4. The second-order valence-corrected chi connectivity index (χ2v) is 9.27. The maximum atomic E-state index is 12.9. The van der Waals surface area contributed by atoms with Gasteiger partial charge < -0.3 is 14.4 Å². The van der Waals surface area contributed by atoms with Gasteiger partial charge in [-0.2, -0.15) is 0 Å².